The standard InChI is InChI=1S/C13H17N3OS/c14-7-6-13-16(12(9-18-13)15-10-17)8-11-4-2-1-3-5-11/h1-5,9-10,13H,6-8,14H2,(H,15,17). The van der Waals surface area contributed by atoms with Crippen LogP contribution in [0.1, 0.15) is 12.0 Å². The highest BCUT2D eigenvalue weighted by molar-refractivity contribution is 8.02. The number of nitrogens with one attached hydrogen (secondary N) is 1. The topological polar surface area (TPSA) is 58.4 Å². The SMILES string of the molecule is NCCC1SC=C(NC=O)N1Cc1ccccc1. The van der Waals surface area contributed by atoms with Gasteiger partial charge in [0.25, 0.3) is 0 Å². The lowest BCUT2D eigenvalue weighted by Gasteiger charge is -2.28. The van der Waals surface area contributed by atoms with Gasteiger partial charge in [-0.3, -0.25) is 4.79 Å². The second-order valence-corrected chi connectivity index (χ2v) is 5.10. The van der Waals surface area contributed by atoms with Gasteiger partial charge in [-0.25, -0.2) is 0 Å². The molecule has 1 heterocycles. The molecule has 1 aliphatic rings. The average molecular weight is 263 g/mol. The second kappa shape index (κ2) is 6.47. The van der Waals surface area contributed by atoms with Gasteiger partial charge in [0, 0.05) is 12.0 Å². The normalized spacial score (nSPS) is 18.6. The quantitative estimate of drug-likeness (QED) is 0.763. The van der Waals surface area contributed by atoms with E-state index >= 15 is 0 Å². The third kappa shape index (κ3) is 3.05. The number of rotatable bonds is 6. The van der Waals surface area contributed by atoms with Crippen molar-refractivity contribution in [1.29, 1.82) is 0 Å². The molecule has 1 aromatic carbocycles. The smallest absolute Gasteiger partial charge is 0.212 e. The molecule has 1 aliphatic heterocycles. The maximum absolute atomic E-state index is 10.6. The summed E-state index contributed by atoms with van der Waals surface area (Å²) in [5.41, 5.74) is 6.85. The number of hydrogen-bond donors (Lipinski definition) is 2. The van der Waals surface area contributed by atoms with E-state index in [1.165, 1.54) is 5.56 Å². The van der Waals surface area contributed by atoms with E-state index in [1.807, 2.05) is 23.6 Å². The van der Waals surface area contributed by atoms with Crippen LogP contribution < -0.4 is 11.1 Å². The summed E-state index contributed by atoms with van der Waals surface area (Å²) in [4.78, 5) is 12.8. The first-order valence-corrected chi connectivity index (χ1v) is 6.86. The molecule has 1 amide bonds. The van der Waals surface area contributed by atoms with Gasteiger partial charge in [-0.2, -0.15) is 0 Å². The van der Waals surface area contributed by atoms with Crippen molar-refractivity contribution in [3.63, 3.8) is 0 Å². The summed E-state index contributed by atoms with van der Waals surface area (Å²) in [6.45, 7) is 1.43. The molecule has 1 atom stereocenters. The Morgan fingerprint density at radius 2 is 2.17 bits per heavy atom. The van der Waals surface area contributed by atoms with E-state index in [9.17, 15) is 4.79 Å². The molecule has 0 aliphatic carbocycles. The van der Waals surface area contributed by atoms with Crippen molar-refractivity contribution in [1.82, 2.24) is 10.2 Å². The molecule has 2 rings (SSSR count). The van der Waals surface area contributed by atoms with Gasteiger partial charge < -0.3 is 16.0 Å². The first-order valence-electron chi connectivity index (χ1n) is 5.91. The molecular formula is C13H17N3OS. The van der Waals surface area contributed by atoms with Crippen molar-refractivity contribution >= 4 is 18.2 Å². The summed E-state index contributed by atoms with van der Waals surface area (Å²) in [5.74, 6) is 0.859. The third-order valence-corrected chi connectivity index (χ3v) is 3.97. The van der Waals surface area contributed by atoms with Crippen molar-refractivity contribution in [2.45, 2.75) is 18.3 Å². The van der Waals surface area contributed by atoms with Crippen LogP contribution in [0.5, 0.6) is 0 Å². The molecule has 0 spiro atoms. The molecule has 1 unspecified atom stereocenters. The minimum Gasteiger partial charge on any atom is -0.341 e. The number of nitrogens with two attached hydrogens (primary N) is 1. The maximum atomic E-state index is 10.6. The van der Waals surface area contributed by atoms with Crippen LogP contribution in [0.15, 0.2) is 41.6 Å². The first kappa shape index (κ1) is 13.0. The molecule has 1 aromatic rings. The highest BCUT2D eigenvalue weighted by Crippen LogP contribution is 2.32. The zero-order chi connectivity index (χ0) is 12.8. The molecule has 0 bridgehead atoms. The van der Waals surface area contributed by atoms with E-state index in [1.54, 1.807) is 11.8 Å². The van der Waals surface area contributed by atoms with Crippen LogP contribution in [0.4, 0.5) is 0 Å². The average Bonchev–Trinajstić information content (AvgIpc) is 2.75. The molecule has 18 heavy (non-hydrogen) atoms. The Hall–Kier alpha value is -1.46. The fraction of sp³-hybridized carbons (Fsp3) is 0.308. The number of nitrogens with zero attached hydrogens (tertiary/aromatic N) is 1. The Kier molecular flexibility index (Phi) is 4.66. The van der Waals surface area contributed by atoms with Gasteiger partial charge in [0.05, 0.1) is 5.37 Å². The summed E-state index contributed by atoms with van der Waals surface area (Å²) in [6.07, 6.45) is 1.62. The summed E-state index contributed by atoms with van der Waals surface area (Å²) >= 11 is 1.70. The van der Waals surface area contributed by atoms with Crippen LogP contribution in [0.3, 0.4) is 0 Å². The lowest BCUT2D eigenvalue weighted by atomic mass is 10.2. The zero-order valence-electron chi connectivity index (χ0n) is 10.1. The van der Waals surface area contributed by atoms with Crippen molar-refractivity contribution in [3.05, 3.63) is 47.1 Å². The Morgan fingerprint density at radius 1 is 1.39 bits per heavy atom. The Bertz CT molecular complexity index is 422. The summed E-state index contributed by atoms with van der Waals surface area (Å²) < 4.78 is 0. The summed E-state index contributed by atoms with van der Waals surface area (Å²) in [7, 11) is 0. The zero-order valence-corrected chi connectivity index (χ0v) is 10.9. The Balaban J connectivity index is 2.09. The van der Waals surface area contributed by atoms with Crippen molar-refractivity contribution < 1.29 is 4.79 Å². The lowest BCUT2D eigenvalue weighted by molar-refractivity contribution is -0.109. The number of carbonyl (C=O) groups excluding carboxylic acids is 1. The third-order valence-electron chi connectivity index (χ3n) is 2.81. The van der Waals surface area contributed by atoms with E-state index in [4.69, 9.17) is 5.73 Å². The molecule has 5 heteroatoms. The molecule has 96 valence electrons. The highest BCUT2D eigenvalue weighted by atomic mass is 32.2. The van der Waals surface area contributed by atoms with Gasteiger partial charge in [0.1, 0.15) is 5.82 Å². The maximum Gasteiger partial charge on any atom is 0.212 e. The summed E-state index contributed by atoms with van der Waals surface area (Å²) in [6, 6.07) is 10.2. The predicted octanol–water partition coefficient (Wildman–Crippen LogP) is 1.46. The minimum atomic E-state index is 0.303. The number of amides is 1. The highest BCUT2D eigenvalue weighted by Gasteiger charge is 2.25. The van der Waals surface area contributed by atoms with Crippen LogP contribution in [0.2, 0.25) is 0 Å². The van der Waals surface area contributed by atoms with Crippen molar-refractivity contribution in [2.24, 2.45) is 5.73 Å². The van der Waals surface area contributed by atoms with E-state index in [-0.39, 0.29) is 0 Å². The molecule has 0 saturated carbocycles. The van der Waals surface area contributed by atoms with Crippen LogP contribution in [0, 0.1) is 0 Å². The minimum absolute atomic E-state index is 0.303. The van der Waals surface area contributed by atoms with Gasteiger partial charge in [-0.05, 0) is 18.5 Å². The Morgan fingerprint density at radius 3 is 2.83 bits per heavy atom. The lowest BCUT2D eigenvalue weighted by Crippen LogP contribution is -2.34. The monoisotopic (exact) mass is 263 g/mol. The van der Waals surface area contributed by atoms with Crippen LogP contribution >= 0.6 is 11.8 Å². The van der Waals surface area contributed by atoms with Crippen molar-refractivity contribution in [3.8, 4) is 0 Å². The van der Waals surface area contributed by atoms with Gasteiger partial charge in [-0.15, -0.1) is 11.8 Å². The largest absolute Gasteiger partial charge is 0.341 e. The molecule has 0 aromatic heterocycles. The first-order chi connectivity index (χ1) is 8.85. The fourth-order valence-corrected chi connectivity index (χ4v) is 3.05. The van der Waals surface area contributed by atoms with E-state index in [2.05, 4.69) is 22.3 Å². The number of thioether (sulfide) groups is 1. The fourth-order valence-electron chi connectivity index (χ4n) is 1.95. The van der Waals surface area contributed by atoms with E-state index in [0.717, 1.165) is 25.2 Å². The van der Waals surface area contributed by atoms with Crippen LogP contribution in [0.25, 0.3) is 0 Å². The van der Waals surface area contributed by atoms with Crippen LogP contribution in [-0.2, 0) is 11.3 Å². The molecule has 0 fully saturated rings. The van der Waals surface area contributed by atoms with E-state index < -0.39 is 0 Å². The predicted molar refractivity (Wildman–Crippen MR) is 74.3 cm³/mol. The molecule has 4 nitrogen and oxygen atoms in total. The number of benzene rings is 1. The number of carbonyl (C=O) groups is 1. The van der Waals surface area contributed by atoms with Gasteiger partial charge in [0.15, 0.2) is 0 Å². The molecular weight excluding hydrogens is 246 g/mol. The second-order valence-electron chi connectivity index (χ2n) is 4.05. The molecule has 0 radical (unpaired) electrons. The van der Waals surface area contributed by atoms with Crippen LogP contribution in [-0.4, -0.2) is 23.2 Å². The van der Waals surface area contributed by atoms with Gasteiger partial charge in [0.2, 0.25) is 6.41 Å². The number of hydrogen-bond acceptors (Lipinski definition) is 4. The molecule has 0 saturated heterocycles. The Labute approximate surface area is 111 Å². The van der Waals surface area contributed by atoms with Crippen molar-refractivity contribution in [2.75, 3.05) is 6.54 Å². The summed E-state index contributed by atoms with van der Waals surface area (Å²) in [5, 5.41) is 5.04. The molecule has 3 N–H and O–H groups in total. The van der Waals surface area contributed by atoms with Gasteiger partial charge in [-0.1, -0.05) is 30.3 Å². The van der Waals surface area contributed by atoms with E-state index in [0.29, 0.717) is 11.9 Å². The van der Waals surface area contributed by atoms with Gasteiger partial charge >= 0.3 is 0 Å².